The van der Waals surface area contributed by atoms with Crippen molar-refractivity contribution in [2.75, 3.05) is 0 Å². The fourth-order valence-corrected chi connectivity index (χ4v) is 3.20. The van der Waals surface area contributed by atoms with Gasteiger partial charge in [0.25, 0.3) is 5.91 Å². The van der Waals surface area contributed by atoms with E-state index in [0.29, 0.717) is 23.7 Å². The molecule has 3 aromatic rings. The van der Waals surface area contributed by atoms with Crippen LogP contribution in [-0.2, 0) is 23.4 Å². The summed E-state index contributed by atoms with van der Waals surface area (Å²) in [5, 5.41) is 15.2. The lowest BCUT2D eigenvalue weighted by atomic mass is 9.99. The number of aryl methyl sites for hydroxylation is 1. The van der Waals surface area contributed by atoms with E-state index in [9.17, 15) is 9.59 Å². The zero-order valence-corrected chi connectivity index (χ0v) is 15.2. The van der Waals surface area contributed by atoms with Crippen molar-refractivity contribution in [3.05, 3.63) is 41.9 Å². The maximum Gasteiger partial charge on any atom is 0.325 e. The van der Waals surface area contributed by atoms with E-state index < -0.39 is 17.5 Å². The number of nitrogens with zero attached hydrogens (tertiary/aromatic N) is 5. The number of urea groups is 1. The lowest BCUT2D eigenvalue weighted by Crippen LogP contribution is -2.40. The number of unbranched alkanes of at least 4 members (excludes halogenated alkanes) is 1. The van der Waals surface area contributed by atoms with Gasteiger partial charge in [-0.25, -0.2) is 9.48 Å². The first-order chi connectivity index (χ1) is 13.0. The van der Waals surface area contributed by atoms with E-state index in [1.54, 1.807) is 17.7 Å². The molecule has 1 fully saturated rings. The van der Waals surface area contributed by atoms with Gasteiger partial charge in [0, 0.05) is 11.9 Å². The summed E-state index contributed by atoms with van der Waals surface area (Å²) in [6.45, 7) is 4.37. The van der Waals surface area contributed by atoms with Crippen LogP contribution < -0.4 is 5.32 Å². The van der Waals surface area contributed by atoms with Crippen LogP contribution in [0.2, 0.25) is 0 Å². The predicted octanol–water partition coefficient (Wildman–Crippen LogP) is 2.19. The number of fused-ring (bicyclic) bond motifs is 1. The maximum atomic E-state index is 13.1. The number of furan rings is 1. The average molecular weight is 368 g/mol. The lowest BCUT2D eigenvalue weighted by molar-refractivity contribution is -0.132. The van der Waals surface area contributed by atoms with Crippen molar-refractivity contribution >= 4 is 22.9 Å². The number of benzene rings is 1. The van der Waals surface area contributed by atoms with E-state index in [2.05, 4.69) is 27.8 Å². The van der Waals surface area contributed by atoms with Crippen molar-refractivity contribution in [2.24, 2.45) is 0 Å². The van der Waals surface area contributed by atoms with Gasteiger partial charge in [0.05, 0.1) is 6.54 Å². The topological polar surface area (TPSA) is 106 Å². The molecule has 0 saturated carbocycles. The minimum absolute atomic E-state index is 0.0111. The van der Waals surface area contributed by atoms with Gasteiger partial charge in [-0.05, 0) is 35.9 Å². The molecule has 2 aromatic heterocycles. The molecule has 4 rings (SSSR count). The van der Waals surface area contributed by atoms with Crippen LogP contribution in [0.25, 0.3) is 11.0 Å². The van der Waals surface area contributed by atoms with Gasteiger partial charge in [-0.2, -0.15) is 0 Å². The summed E-state index contributed by atoms with van der Waals surface area (Å²) in [5.74, 6) is 0.479. The molecule has 3 amide bonds. The van der Waals surface area contributed by atoms with Gasteiger partial charge in [-0.1, -0.05) is 31.5 Å². The third kappa shape index (κ3) is 2.84. The Balaban J connectivity index is 1.61. The monoisotopic (exact) mass is 368 g/mol. The van der Waals surface area contributed by atoms with E-state index in [1.807, 2.05) is 24.3 Å². The SMILES string of the molecule is CCCCn1nnnc1CN1C(=O)N[C@@](C)(c2cc3ccccc3o2)C1=O. The van der Waals surface area contributed by atoms with Gasteiger partial charge in [-0.3, -0.25) is 9.69 Å². The molecule has 0 unspecified atom stereocenters. The highest BCUT2D eigenvalue weighted by molar-refractivity contribution is 6.07. The third-order valence-electron chi connectivity index (χ3n) is 4.82. The fourth-order valence-electron chi connectivity index (χ4n) is 3.20. The number of tetrazole rings is 1. The van der Waals surface area contributed by atoms with Crippen LogP contribution >= 0.6 is 0 Å². The van der Waals surface area contributed by atoms with Gasteiger partial charge >= 0.3 is 6.03 Å². The Morgan fingerprint density at radius 1 is 1.26 bits per heavy atom. The maximum absolute atomic E-state index is 13.1. The molecule has 1 aliphatic rings. The summed E-state index contributed by atoms with van der Waals surface area (Å²) >= 11 is 0. The molecule has 27 heavy (non-hydrogen) atoms. The van der Waals surface area contributed by atoms with E-state index >= 15 is 0 Å². The summed E-state index contributed by atoms with van der Waals surface area (Å²) in [6, 6.07) is 8.75. The molecule has 0 aliphatic carbocycles. The normalized spacial score (nSPS) is 19.9. The first-order valence-electron chi connectivity index (χ1n) is 8.91. The molecular formula is C18H20N6O3. The first kappa shape index (κ1) is 17.2. The molecule has 1 saturated heterocycles. The van der Waals surface area contributed by atoms with Crippen molar-refractivity contribution in [1.29, 1.82) is 0 Å². The minimum atomic E-state index is -1.27. The average Bonchev–Trinajstić information content (AvgIpc) is 3.34. The molecule has 0 spiro atoms. The second-order valence-electron chi connectivity index (χ2n) is 6.77. The number of aromatic nitrogens is 4. The number of hydrogen-bond acceptors (Lipinski definition) is 6. The largest absolute Gasteiger partial charge is 0.458 e. The quantitative estimate of drug-likeness (QED) is 0.669. The summed E-state index contributed by atoms with van der Waals surface area (Å²) in [4.78, 5) is 26.7. The number of para-hydroxylation sites is 1. The number of carbonyl (C=O) groups excluding carboxylic acids is 2. The third-order valence-corrected chi connectivity index (χ3v) is 4.82. The second-order valence-corrected chi connectivity index (χ2v) is 6.77. The smallest absolute Gasteiger partial charge is 0.325 e. The lowest BCUT2D eigenvalue weighted by Gasteiger charge is -2.18. The molecule has 9 heteroatoms. The van der Waals surface area contributed by atoms with Crippen molar-refractivity contribution in [3.8, 4) is 0 Å². The summed E-state index contributed by atoms with van der Waals surface area (Å²) in [7, 11) is 0. The van der Waals surface area contributed by atoms with Gasteiger partial charge in [-0.15, -0.1) is 5.10 Å². The number of hydrogen-bond donors (Lipinski definition) is 1. The number of amides is 3. The van der Waals surface area contributed by atoms with Crippen LogP contribution in [0.15, 0.2) is 34.7 Å². The molecule has 3 heterocycles. The van der Waals surface area contributed by atoms with Crippen molar-refractivity contribution in [2.45, 2.75) is 45.3 Å². The standard InChI is InChI=1S/C18H20N6O3/c1-3-4-9-24-15(20-21-22-24)11-23-16(25)18(2,19-17(23)26)14-10-12-7-5-6-8-13(12)27-14/h5-8,10H,3-4,9,11H2,1-2H3,(H,19,26)/t18-/m0/s1. The summed E-state index contributed by atoms with van der Waals surface area (Å²) in [6.07, 6.45) is 1.90. The van der Waals surface area contributed by atoms with Crippen LogP contribution in [0.3, 0.4) is 0 Å². The molecule has 140 valence electrons. The Kier molecular flexibility index (Phi) is 4.14. The van der Waals surface area contributed by atoms with Gasteiger partial charge in [0.1, 0.15) is 11.3 Å². The Labute approximate surface area is 155 Å². The highest BCUT2D eigenvalue weighted by Gasteiger charge is 2.51. The Morgan fingerprint density at radius 2 is 2.07 bits per heavy atom. The van der Waals surface area contributed by atoms with Crippen LogP contribution in [0.5, 0.6) is 0 Å². The van der Waals surface area contributed by atoms with E-state index in [0.717, 1.165) is 23.1 Å². The van der Waals surface area contributed by atoms with E-state index in [1.165, 1.54) is 0 Å². The Hall–Kier alpha value is -3.23. The van der Waals surface area contributed by atoms with E-state index in [4.69, 9.17) is 4.42 Å². The molecule has 1 aliphatic heterocycles. The van der Waals surface area contributed by atoms with Gasteiger partial charge in [0.2, 0.25) is 0 Å². The zero-order valence-electron chi connectivity index (χ0n) is 15.2. The number of rotatable bonds is 6. The number of imide groups is 1. The minimum Gasteiger partial charge on any atom is -0.458 e. The van der Waals surface area contributed by atoms with Crippen LogP contribution in [0.1, 0.15) is 38.3 Å². The second kappa shape index (κ2) is 6.49. The molecule has 0 radical (unpaired) electrons. The fraction of sp³-hybridized carbons (Fsp3) is 0.389. The molecule has 1 aromatic carbocycles. The van der Waals surface area contributed by atoms with Gasteiger partial charge < -0.3 is 9.73 Å². The predicted molar refractivity (Wildman–Crippen MR) is 95.4 cm³/mol. The number of carbonyl (C=O) groups is 2. The first-order valence-corrected chi connectivity index (χ1v) is 8.91. The zero-order chi connectivity index (χ0) is 19.0. The molecule has 0 bridgehead atoms. The van der Waals surface area contributed by atoms with Crippen molar-refractivity contribution in [3.63, 3.8) is 0 Å². The molecular weight excluding hydrogens is 348 g/mol. The van der Waals surface area contributed by atoms with Gasteiger partial charge in [0.15, 0.2) is 11.4 Å². The number of nitrogens with one attached hydrogen (secondary N) is 1. The molecule has 9 nitrogen and oxygen atoms in total. The highest BCUT2D eigenvalue weighted by Crippen LogP contribution is 2.33. The van der Waals surface area contributed by atoms with Crippen molar-refractivity contribution < 1.29 is 14.0 Å². The van der Waals surface area contributed by atoms with Crippen LogP contribution in [-0.4, -0.2) is 37.0 Å². The molecule has 1 atom stereocenters. The summed E-state index contributed by atoms with van der Waals surface area (Å²) < 4.78 is 7.45. The Morgan fingerprint density at radius 3 is 2.85 bits per heavy atom. The van der Waals surface area contributed by atoms with Crippen LogP contribution in [0, 0.1) is 0 Å². The van der Waals surface area contributed by atoms with E-state index in [-0.39, 0.29) is 6.54 Å². The molecule has 1 N–H and O–H groups in total. The summed E-state index contributed by atoms with van der Waals surface area (Å²) in [5.41, 5.74) is -0.602. The Bertz CT molecular complexity index is 976. The van der Waals surface area contributed by atoms with Crippen molar-refractivity contribution in [1.82, 2.24) is 30.4 Å². The highest BCUT2D eigenvalue weighted by atomic mass is 16.3. The van der Waals surface area contributed by atoms with Crippen LogP contribution in [0.4, 0.5) is 4.79 Å².